The fourth-order valence-electron chi connectivity index (χ4n) is 11.2. The summed E-state index contributed by atoms with van der Waals surface area (Å²) in [4.78, 5) is 72.7. The Bertz CT molecular complexity index is 1820. The first-order chi connectivity index (χ1) is 44.7. The zero-order valence-electron chi connectivity index (χ0n) is 60.7. The molecule has 0 saturated heterocycles. The molecule has 0 saturated carbocycles. The number of rotatable bonds is 72. The van der Waals surface area contributed by atoms with Crippen LogP contribution in [0, 0.1) is 17.8 Å². The van der Waals surface area contributed by atoms with Gasteiger partial charge in [0.1, 0.15) is 19.3 Å². The van der Waals surface area contributed by atoms with Gasteiger partial charge in [0.2, 0.25) is 0 Å². The number of unbranched alkanes of at least 4 members (excludes halogenated alkanes) is 40. The third-order valence-electron chi connectivity index (χ3n) is 17.1. The predicted molar refractivity (Wildman–Crippen MR) is 377 cm³/mol. The first kappa shape index (κ1) is 91.1. The first-order valence-corrected chi connectivity index (χ1v) is 41.3. The van der Waals surface area contributed by atoms with Crippen LogP contribution in [0.1, 0.15) is 376 Å². The molecule has 0 fully saturated rings. The summed E-state index contributed by atoms with van der Waals surface area (Å²) >= 11 is 0. The van der Waals surface area contributed by atoms with Crippen molar-refractivity contribution in [2.75, 3.05) is 39.6 Å². The van der Waals surface area contributed by atoms with Gasteiger partial charge in [0, 0.05) is 25.7 Å². The number of carbonyl (C=O) groups is 4. The Morgan fingerprint density at radius 3 is 0.731 bits per heavy atom. The summed E-state index contributed by atoms with van der Waals surface area (Å²) in [7, 11) is -9.91. The molecule has 0 bridgehead atoms. The number of carbonyl (C=O) groups excluding carboxylic acids is 4. The van der Waals surface area contributed by atoms with Crippen LogP contribution in [-0.2, 0) is 65.4 Å². The van der Waals surface area contributed by atoms with Crippen LogP contribution in [0.5, 0.6) is 0 Å². The van der Waals surface area contributed by atoms with Gasteiger partial charge in [0.25, 0.3) is 0 Å². The average Bonchev–Trinajstić information content (AvgIpc) is 2.10. The van der Waals surface area contributed by atoms with Gasteiger partial charge in [-0.15, -0.1) is 0 Å². The lowest BCUT2D eigenvalue weighted by atomic mass is 10.0. The van der Waals surface area contributed by atoms with E-state index in [1.54, 1.807) is 0 Å². The van der Waals surface area contributed by atoms with Gasteiger partial charge in [0.15, 0.2) is 12.2 Å². The molecule has 0 rings (SSSR count). The minimum absolute atomic E-state index is 0.104. The standard InChI is InChI=1S/C74H144O17P2/c1-8-9-10-11-12-13-14-15-16-17-18-19-20-21-22-25-36-43-50-57-73(78)90-69(61-84-71(76)55-48-41-34-26-23-24-31-38-45-52-65(2)3)63-88-92(80,81)86-59-68(75)60-87-93(82,83)89-64-70(91-74(79)58-51-44-37-30-28-33-40-47-54-67(6)7)62-85-72(77)56-49-42-35-29-27-32-39-46-53-66(4)5/h65-70,75H,8-64H2,1-7H3,(H,80,81)(H,82,83)/t68-,69-,70-/m1/s1. The van der Waals surface area contributed by atoms with Crippen molar-refractivity contribution >= 4 is 39.5 Å². The number of ether oxygens (including phenoxy) is 4. The Kier molecular flexibility index (Phi) is 63.4. The molecule has 0 amide bonds. The minimum atomic E-state index is -4.96. The van der Waals surface area contributed by atoms with Crippen molar-refractivity contribution in [1.82, 2.24) is 0 Å². The molecule has 0 aromatic rings. The zero-order chi connectivity index (χ0) is 68.7. The molecule has 93 heavy (non-hydrogen) atoms. The Labute approximate surface area is 568 Å². The number of esters is 4. The van der Waals surface area contributed by atoms with Crippen LogP contribution >= 0.6 is 15.6 Å². The van der Waals surface area contributed by atoms with E-state index in [1.807, 2.05) is 0 Å². The van der Waals surface area contributed by atoms with Gasteiger partial charge < -0.3 is 33.8 Å². The Morgan fingerprint density at radius 1 is 0.290 bits per heavy atom. The van der Waals surface area contributed by atoms with E-state index in [2.05, 4.69) is 48.5 Å². The van der Waals surface area contributed by atoms with E-state index in [4.69, 9.17) is 37.0 Å². The van der Waals surface area contributed by atoms with Crippen molar-refractivity contribution in [2.24, 2.45) is 17.8 Å². The van der Waals surface area contributed by atoms with E-state index in [1.165, 1.54) is 186 Å². The summed E-state index contributed by atoms with van der Waals surface area (Å²) < 4.78 is 68.4. The van der Waals surface area contributed by atoms with E-state index in [0.29, 0.717) is 25.7 Å². The number of phosphoric ester groups is 2. The van der Waals surface area contributed by atoms with Crippen molar-refractivity contribution in [3.8, 4) is 0 Å². The minimum Gasteiger partial charge on any atom is -0.462 e. The first-order valence-electron chi connectivity index (χ1n) is 38.3. The molecule has 5 atom stereocenters. The summed E-state index contributed by atoms with van der Waals surface area (Å²) in [5.41, 5.74) is 0. The summed E-state index contributed by atoms with van der Waals surface area (Å²) in [6.45, 7) is 11.8. The van der Waals surface area contributed by atoms with Crippen LogP contribution < -0.4 is 0 Å². The molecular weight excluding hydrogens is 1220 g/mol. The van der Waals surface area contributed by atoms with Crippen molar-refractivity contribution in [3.63, 3.8) is 0 Å². The van der Waals surface area contributed by atoms with Crippen molar-refractivity contribution in [1.29, 1.82) is 0 Å². The number of phosphoric acid groups is 2. The van der Waals surface area contributed by atoms with Gasteiger partial charge >= 0.3 is 39.5 Å². The predicted octanol–water partition coefficient (Wildman–Crippen LogP) is 21.4. The molecule has 0 aromatic heterocycles. The summed E-state index contributed by atoms with van der Waals surface area (Å²) in [5.74, 6) is 0.0646. The van der Waals surface area contributed by atoms with Crippen molar-refractivity contribution in [3.05, 3.63) is 0 Å². The third kappa shape index (κ3) is 68.4. The van der Waals surface area contributed by atoms with Crippen LogP contribution in [0.25, 0.3) is 0 Å². The second-order valence-electron chi connectivity index (χ2n) is 28.1. The van der Waals surface area contributed by atoms with Gasteiger partial charge in [-0.1, -0.05) is 325 Å². The third-order valence-corrected chi connectivity index (χ3v) is 19.0. The largest absolute Gasteiger partial charge is 0.472 e. The van der Waals surface area contributed by atoms with E-state index in [-0.39, 0.29) is 25.7 Å². The lowest BCUT2D eigenvalue weighted by Crippen LogP contribution is -2.30. The summed E-state index contributed by atoms with van der Waals surface area (Å²) in [5, 5.41) is 10.6. The average molecular weight is 1370 g/mol. The van der Waals surface area contributed by atoms with E-state index in [9.17, 15) is 43.2 Å². The normalized spacial score (nSPS) is 14.1. The van der Waals surface area contributed by atoms with E-state index >= 15 is 0 Å². The highest BCUT2D eigenvalue weighted by atomic mass is 31.2. The summed E-state index contributed by atoms with van der Waals surface area (Å²) in [6, 6.07) is 0. The molecule has 552 valence electrons. The molecule has 0 heterocycles. The zero-order valence-corrected chi connectivity index (χ0v) is 62.5. The second kappa shape index (κ2) is 64.7. The molecule has 0 aromatic carbocycles. The molecule has 19 heteroatoms. The fraction of sp³-hybridized carbons (Fsp3) is 0.946. The maximum absolute atomic E-state index is 13.1. The number of aliphatic hydroxyl groups excluding tert-OH is 1. The SMILES string of the molecule is CCCCCCCCCCCCCCCCCCCCCC(=O)O[C@H](COC(=O)CCCCCCCCCCCC(C)C)COP(=O)(O)OC[C@@H](O)COP(=O)(O)OC[C@@H](COC(=O)CCCCCCCCCCC(C)C)OC(=O)CCCCCCCCCCC(C)C. The molecule has 17 nitrogen and oxygen atoms in total. The Balaban J connectivity index is 5.22. The maximum atomic E-state index is 13.1. The van der Waals surface area contributed by atoms with Gasteiger partial charge in [-0.2, -0.15) is 0 Å². The van der Waals surface area contributed by atoms with Crippen LogP contribution in [-0.4, -0.2) is 96.7 Å². The van der Waals surface area contributed by atoms with Crippen molar-refractivity contribution < 1.29 is 80.2 Å². The highest BCUT2D eigenvalue weighted by molar-refractivity contribution is 7.47. The number of aliphatic hydroxyl groups is 1. The monoisotopic (exact) mass is 1370 g/mol. The highest BCUT2D eigenvalue weighted by Gasteiger charge is 2.30. The topological polar surface area (TPSA) is 237 Å². The van der Waals surface area contributed by atoms with Gasteiger partial charge in [0.05, 0.1) is 26.4 Å². The quantitative estimate of drug-likeness (QED) is 0.0222. The van der Waals surface area contributed by atoms with Crippen LogP contribution in [0.2, 0.25) is 0 Å². The summed E-state index contributed by atoms with van der Waals surface area (Å²) in [6.07, 6.45) is 50.1. The second-order valence-corrected chi connectivity index (χ2v) is 31.0. The highest BCUT2D eigenvalue weighted by Crippen LogP contribution is 2.45. The van der Waals surface area contributed by atoms with Gasteiger partial charge in [-0.25, -0.2) is 9.13 Å². The molecule has 2 unspecified atom stereocenters. The fourth-order valence-corrected chi connectivity index (χ4v) is 12.8. The number of hydrogen-bond donors (Lipinski definition) is 3. The van der Waals surface area contributed by atoms with Gasteiger partial charge in [-0.3, -0.25) is 37.3 Å². The van der Waals surface area contributed by atoms with Crippen LogP contribution in [0.15, 0.2) is 0 Å². The lowest BCUT2D eigenvalue weighted by Gasteiger charge is -2.21. The molecule has 0 aliphatic carbocycles. The smallest absolute Gasteiger partial charge is 0.462 e. The lowest BCUT2D eigenvalue weighted by molar-refractivity contribution is -0.161. The van der Waals surface area contributed by atoms with E-state index in [0.717, 1.165) is 108 Å². The van der Waals surface area contributed by atoms with Gasteiger partial charge in [-0.05, 0) is 43.4 Å². The molecule has 0 spiro atoms. The molecule has 3 N–H and O–H groups in total. The maximum Gasteiger partial charge on any atom is 0.472 e. The molecule has 0 aliphatic heterocycles. The molecule has 0 radical (unpaired) electrons. The van der Waals surface area contributed by atoms with Crippen LogP contribution in [0.4, 0.5) is 0 Å². The Hall–Kier alpha value is -1.94. The van der Waals surface area contributed by atoms with Crippen LogP contribution in [0.3, 0.4) is 0 Å². The van der Waals surface area contributed by atoms with E-state index < -0.39 is 97.5 Å². The molecular formula is C74H144O17P2. The molecule has 0 aliphatic rings. The number of hydrogen-bond acceptors (Lipinski definition) is 15. The Morgan fingerprint density at radius 2 is 0.495 bits per heavy atom. The van der Waals surface area contributed by atoms with Crippen molar-refractivity contribution in [2.45, 2.75) is 394 Å².